The number of hydrogen-bond donors (Lipinski definition) is 1. The minimum Gasteiger partial charge on any atom is -0.348 e. The van der Waals surface area contributed by atoms with Gasteiger partial charge in [0.25, 0.3) is 5.91 Å². The number of anilines is 2. The van der Waals surface area contributed by atoms with E-state index < -0.39 is 0 Å². The van der Waals surface area contributed by atoms with Gasteiger partial charge < -0.3 is 10.2 Å². The highest BCUT2D eigenvalue weighted by molar-refractivity contribution is 6.20. The number of carbonyl (C=O) groups excluding carboxylic acids is 1. The van der Waals surface area contributed by atoms with E-state index in [1.807, 2.05) is 30.3 Å². The number of amides is 1. The molecule has 0 saturated heterocycles. The number of para-hydroxylation sites is 1. The fraction of sp³-hybridized carbons (Fsp3) is 0.103. The summed E-state index contributed by atoms with van der Waals surface area (Å²) in [6.07, 6.45) is 0. The number of fused-ring (bicyclic) bond motifs is 2. The van der Waals surface area contributed by atoms with E-state index in [1.54, 1.807) is 36.4 Å². The Kier molecular flexibility index (Phi) is 6.78. The molecular weight excluding hydrogens is 480 g/mol. The number of halogens is 3. The Labute approximate surface area is 212 Å². The third kappa shape index (κ3) is 4.86. The minimum atomic E-state index is -0.328. The van der Waals surface area contributed by atoms with E-state index in [2.05, 4.69) is 10.2 Å². The van der Waals surface area contributed by atoms with Crippen LogP contribution in [0.2, 0.25) is 0 Å². The average Bonchev–Trinajstić information content (AvgIpc) is 3.03. The van der Waals surface area contributed by atoms with Crippen LogP contribution in [-0.2, 0) is 6.54 Å². The van der Waals surface area contributed by atoms with Crippen molar-refractivity contribution >= 4 is 40.3 Å². The van der Waals surface area contributed by atoms with Gasteiger partial charge in [0.15, 0.2) is 0 Å². The maximum absolute atomic E-state index is 13.7. The van der Waals surface area contributed by atoms with Gasteiger partial charge in [-0.05, 0) is 66.2 Å². The van der Waals surface area contributed by atoms with E-state index in [1.165, 1.54) is 24.3 Å². The van der Waals surface area contributed by atoms with Crippen LogP contribution in [0.3, 0.4) is 0 Å². The minimum absolute atomic E-state index is 0.268. The first kappa shape index (κ1) is 23.7. The zero-order chi connectivity index (χ0) is 25.1. The van der Waals surface area contributed by atoms with Crippen molar-refractivity contribution in [3.63, 3.8) is 0 Å². The Morgan fingerprint density at radius 1 is 0.861 bits per heavy atom. The summed E-state index contributed by atoms with van der Waals surface area (Å²) in [5.41, 5.74) is 5.89. The van der Waals surface area contributed by atoms with Crippen molar-refractivity contribution < 1.29 is 13.6 Å². The van der Waals surface area contributed by atoms with Gasteiger partial charge in [-0.1, -0.05) is 30.3 Å². The molecular formula is C29H22ClF2N3O. The van der Waals surface area contributed by atoms with Crippen LogP contribution in [-0.4, -0.2) is 24.0 Å². The summed E-state index contributed by atoms with van der Waals surface area (Å²) in [4.78, 5) is 20.0. The zero-order valence-corrected chi connectivity index (χ0v) is 20.0. The van der Waals surface area contributed by atoms with E-state index in [4.69, 9.17) is 16.6 Å². The first-order valence-corrected chi connectivity index (χ1v) is 12.0. The fourth-order valence-electron chi connectivity index (χ4n) is 4.24. The average molecular weight is 502 g/mol. The van der Waals surface area contributed by atoms with Crippen molar-refractivity contribution in [1.82, 2.24) is 5.32 Å². The van der Waals surface area contributed by atoms with Crippen LogP contribution < -0.4 is 10.2 Å². The molecule has 0 atom stereocenters. The Morgan fingerprint density at radius 2 is 1.56 bits per heavy atom. The number of nitrogens with zero attached hydrogens (tertiary/aromatic N) is 2. The molecule has 0 aliphatic carbocycles. The van der Waals surface area contributed by atoms with E-state index in [0.29, 0.717) is 29.4 Å². The van der Waals surface area contributed by atoms with E-state index in [9.17, 15) is 13.6 Å². The van der Waals surface area contributed by atoms with Gasteiger partial charge in [0, 0.05) is 35.7 Å². The molecule has 4 nitrogen and oxygen atoms in total. The number of nitrogens with one attached hydrogen (secondary N) is 1. The molecule has 0 bridgehead atoms. The van der Waals surface area contributed by atoms with Crippen molar-refractivity contribution in [1.29, 1.82) is 0 Å². The molecule has 1 amide bonds. The summed E-state index contributed by atoms with van der Waals surface area (Å²) in [5, 5.41) is 2.87. The highest BCUT2D eigenvalue weighted by Crippen LogP contribution is 2.41. The maximum atomic E-state index is 13.7. The Morgan fingerprint density at radius 3 is 2.28 bits per heavy atom. The standard InChI is InChI=1S/C29H22ClF2N3O/c30-15-16-35-26-4-2-1-3-24(26)28(20-7-12-23(32)13-8-20)34-25-17-21(9-14-27(25)35)29(36)33-18-19-5-10-22(31)11-6-19/h1-14,17H,15-16,18H2,(H,33,36). The van der Waals surface area contributed by atoms with Crippen LogP contribution in [0.4, 0.5) is 25.8 Å². The highest BCUT2D eigenvalue weighted by Gasteiger charge is 2.24. The summed E-state index contributed by atoms with van der Waals surface area (Å²) in [6.45, 7) is 0.804. The third-order valence-corrected chi connectivity index (χ3v) is 6.17. The summed E-state index contributed by atoms with van der Waals surface area (Å²) in [5.74, 6) is -0.537. The number of aliphatic imine (C=N–C) groups is 1. The monoisotopic (exact) mass is 501 g/mol. The molecule has 7 heteroatoms. The lowest BCUT2D eigenvalue weighted by molar-refractivity contribution is 0.0951. The van der Waals surface area contributed by atoms with Crippen molar-refractivity contribution in [3.8, 4) is 0 Å². The molecule has 0 spiro atoms. The zero-order valence-electron chi connectivity index (χ0n) is 19.2. The van der Waals surface area contributed by atoms with Crippen LogP contribution in [0.5, 0.6) is 0 Å². The maximum Gasteiger partial charge on any atom is 0.251 e. The molecule has 1 aliphatic rings. The normalized spacial score (nSPS) is 12.3. The number of benzene rings is 4. The third-order valence-electron chi connectivity index (χ3n) is 6.00. The summed E-state index contributed by atoms with van der Waals surface area (Å²) in [6, 6.07) is 25.4. The second-order valence-electron chi connectivity index (χ2n) is 8.34. The summed E-state index contributed by atoms with van der Waals surface area (Å²) in [7, 11) is 0. The first-order chi connectivity index (χ1) is 17.5. The highest BCUT2D eigenvalue weighted by atomic mass is 35.5. The van der Waals surface area contributed by atoms with Crippen LogP contribution in [0.25, 0.3) is 0 Å². The quantitative estimate of drug-likeness (QED) is 0.297. The number of rotatable bonds is 6. The molecule has 5 rings (SSSR count). The van der Waals surface area contributed by atoms with Gasteiger partial charge in [0.2, 0.25) is 0 Å². The predicted molar refractivity (Wildman–Crippen MR) is 140 cm³/mol. The Hall–Kier alpha value is -4.03. The number of hydrogen-bond acceptors (Lipinski definition) is 3. The van der Waals surface area contributed by atoms with Crippen LogP contribution in [0, 0.1) is 11.6 Å². The molecule has 0 fully saturated rings. The molecule has 4 aromatic rings. The predicted octanol–water partition coefficient (Wildman–Crippen LogP) is 6.75. The van der Waals surface area contributed by atoms with Crippen molar-refractivity contribution in [3.05, 3.63) is 125 Å². The molecule has 0 saturated carbocycles. The lowest BCUT2D eigenvalue weighted by Crippen LogP contribution is -2.23. The molecule has 0 aromatic heterocycles. The van der Waals surface area contributed by atoms with Gasteiger partial charge in [-0.2, -0.15) is 0 Å². The summed E-state index contributed by atoms with van der Waals surface area (Å²) >= 11 is 6.17. The lowest BCUT2D eigenvalue weighted by atomic mass is 10.00. The molecule has 1 heterocycles. The van der Waals surface area contributed by atoms with Gasteiger partial charge in [-0.3, -0.25) is 4.79 Å². The Bertz CT molecular complexity index is 1440. The van der Waals surface area contributed by atoms with Gasteiger partial charge in [0.1, 0.15) is 11.6 Å². The molecule has 0 radical (unpaired) electrons. The van der Waals surface area contributed by atoms with Crippen LogP contribution in [0.1, 0.15) is 27.0 Å². The second kappa shape index (κ2) is 10.3. The van der Waals surface area contributed by atoms with Crippen molar-refractivity contribution in [2.75, 3.05) is 17.3 Å². The fourth-order valence-corrected chi connectivity index (χ4v) is 4.41. The smallest absolute Gasteiger partial charge is 0.251 e. The first-order valence-electron chi connectivity index (χ1n) is 11.5. The van der Waals surface area contributed by atoms with Crippen LogP contribution in [0.15, 0.2) is 96.0 Å². The van der Waals surface area contributed by atoms with Gasteiger partial charge in [0.05, 0.1) is 22.8 Å². The topological polar surface area (TPSA) is 44.7 Å². The largest absolute Gasteiger partial charge is 0.348 e. The Balaban J connectivity index is 1.56. The van der Waals surface area contributed by atoms with E-state index in [0.717, 1.165) is 28.1 Å². The second-order valence-corrected chi connectivity index (χ2v) is 8.72. The molecule has 180 valence electrons. The molecule has 36 heavy (non-hydrogen) atoms. The molecule has 1 N–H and O–H groups in total. The van der Waals surface area contributed by atoms with Crippen molar-refractivity contribution in [2.24, 2.45) is 4.99 Å². The van der Waals surface area contributed by atoms with E-state index >= 15 is 0 Å². The van der Waals surface area contributed by atoms with Crippen molar-refractivity contribution in [2.45, 2.75) is 6.54 Å². The number of carbonyl (C=O) groups is 1. The van der Waals surface area contributed by atoms with Gasteiger partial charge in [-0.15, -0.1) is 11.6 Å². The van der Waals surface area contributed by atoms with E-state index in [-0.39, 0.29) is 24.1 Å². The van der Waals surface area contributed by atoms with Crippen LogP contribution >= 0.6 is 11.6 Å². The molecule has 4 aromatic carbocycles. The number of alkyl halides is 1. The van der Waals surface area contributed by atoms with Gasteiger partial charge in [-0.25, -0.2) is 13.8 Å². The SMILES string of the molecule is O=C(NCc1ccc(F)cc1)c1ccc2c(c1)N=C(c1ccc(F)cc1)c1ccccc1N2CCCl. The molecule has 0 unspecified atom stereocenters. The summed E-state index contributed by atoms with van der Waals surface area (Å²) < 4.78 is 26.8. The molecule has 1 aliphatic heterocycles. The lowest BCUT2D eigenvalue weighted by Gasteiger charge is -2.26. The van der Waals surface area contributed by atoms with Gasteiger partial charge >= 0.3 is 0 Å².